The van der Waals surface area contributed by atoms with Crippen LogP contribution in [0.5, 0.6) is 0 Å². The minimum Gasteiger partial charge on any atom is -0.398 e. The summed E-state index contributed by atoms with van der Waals surface area (Å²) in [6, 6.07) is 11.6. The van der Waals surface area contributed by atoms with Crippen LogP contribution in [0.4, 0.5) is 5.69 Å². The van der Waals surface area contributed by atoms with Gasteiger partial charge in [-0.2, -0.15) is 0 Å². The number of fused-ring (bicyclic) bond motifs is 1. The minimum absolute atomic E-state index is 0. The first-order valence-electron chi connectivity index (χ1n) is 3.71. The zero-order valence-electron chi connectivity index (χ0n) is 6.83. The van der Waals surface area contributed by atoms with Gasteiger partial charge in [-0.25, -0.2) is 0 Å². The summed E-state index contributed by atoms with van der Waals surface area (Å²) in [5.74, 6) is 0. The number of halogens is 2. The zero-order valence-corrected chi connectivity index (χ0v) is 8.40. The Morgan fingerprint density at radius 1 is 1.08 bits per heavy atom. The maximum atomic E-state index is 5.84. The van der Waals surface area contributed by atoms with Crippen molar-refractivity contribution in [2.24, 2.45) is 0 Å². The van der Waals surface area contributed by atoms with Gasteiger partial charge in [-0.1, -0.05) is 35.9 Å². The number of hydrogen-bond acceptors (Lipinski definition) is 1. The quantitative estimate of drug-likeness (QED) is 0.667. The van der Waals surface area contributed by atoms with Crippen molar-refractivity contribution in [3.63, 3.8) is 0 Å². The lowest BCUT2D eigenvalue weighted by molar-refractivity contribution is 1.73. The maximum absolute atomic E-state index is 5.84. The first-order valence-corrected chi connectivity index (χ1v) is 4.09. The molecule has 3 heteroatoms. The molecule has 0 heterocycles. The molecule has 0 unspecified atom stereocenters. The van der Waals surface area contributed by atoms with E-state index in [1.165, 1.54) is 0 Å². The van der Waals surface area contributed by atoms with Crippen LogP contribution in [0, 0.1) is 0 Å². The van der Waals surface area contributed by atoms with Gasteiger partial charge in [-0.15, -0.1) is 12.4 Å². The SMILES string of the molecule is Cl.Nc1cc(Cl)cc2ccccc12. The highest BCUT2D eigenvalue weighted by molar-refractivity contribution is 6.31. The molecule has 2 N–H and O–H groups in total. The van der Waals surface area contributed by atoms with E-state index in [0.29, 0.717) is 5.02 Å². The molecule has 0 amide bonds. The Bertz CT molecular complexity index is 426. The van der Waals surface area contributed by atoms with E-state index in [2.05, 4.69) is 0 Å². The number of nitrogens with two attached hydrogens (primary N) is 1. The Labute approximate surface area is 87.9 Å². The summed E-state index contributed by atoms with van der Waals surface area (Å²) in [5, 5.41) is 2.83. The minimum atomic E-state index is 0. The molecule has 0 saturated heterocycles. The molecular formula is C10H9Cl2N. The Kier molecular flexibility index (Phi) is 3.02. The van der Waals surface area contributed by atoms with Gasteiger partial charge in [0.25, 0.3) is 0 Å². The molecule has 2 rings (SSSR count). The smallest absolute Gasteiger partial charge is 0.0432 e. The van der Waals surface area contributed by atoms with E-state index in [4.69, 9.17) is 17.3 Å². The van der Waals surface area contributed by atoms with E-state index in [-0.39, 0.29) is 12.4 Å². The molecule has 0 spiro atoms. The first-order chi connectivity index (χ1) is 5.77. The van der Waals surface area contributed by atoms with E-state index in [1.54, 1.807) is 6.07 Å². The molecule has 68 valence electrons. The summed E-state index contributed by atoms with van der Waals surface area (Å²) in [5.41, 5.74) is 6.51. The molecule has 0 radical (unpaired) electrons. The Morgan fingerprint density at radius 2 is 1.77 bits per heavy atom. The lowest BCUT2D eigenvalue weighted by Gasteiger charge is -2.01. The highest BCUT2D eigenvalue weighted by atomic mass is 35.5. The third kappa shape index (κ3) is 1.87. The van der Waals surface area contributed by atoms with Gasteiger partial charge in [0.05, 0.1) is 0 Å². The normalized spacial score (nSPS) is 9.62. The van der Waals surface area contributed by atoms with Crippen LogP contribution in [0.1, 0.15) is 0 Å². The summed E-state index contributed by atoms with van der Waals surface area (Å²) in [6.07, 6.45) is 0. The molecule has 2 aromatic rings. The van der Waals surface area contributed by atoms with Crippen molar-refractivity contribution in [3.8, 4) is 0 Å². The largest absolute Gasteiger partial charge is 0.398 e. The van der Waals surface area contributed by atoms with Crippen molar-refractivity contribution in [1.82, 2.24) is 0 Å². The molecule has 0 aliphatic carbocycles. The number of anilines is 1. The fraction of sp³-hybridized carbons (Fsp3) is 0. The van der Waals surface area contributed by atoms with Crippen molar-refractivity contribution in [2.45, 2.75) is 0 Å². The van der Waals surface area contributed by atoms with Crippen molar-refractivity contribution >= 4 is 40.5 Å². The number of nitrogen functional groups attached to an aromatic ring is 1. The van der Waals surface area contributed by atoms with Gasteiger partial charge in [0.2, 0.25) is 0 Å². The number of rotatable bonds is 0. The number of benzene rings is 2. The summed E-state index contributed by atoms with van der Waals surface area (Å²) in [4.78, 5) is 0. The molecular weight excluding hydrogens is 205 g/mol. The maximum Gasteiger partial charge on any atom is 0.0432 e. The molecule has 1 nitrogen and oxygen atoms in total. The van der Waals surface area contributed by atoms with Crippen LogP contribution in [0.2, 0.25) is 5.02 Å². The van der Waals surface area contributed by atoms with E-state index in [9.17, 15) is 0 Å². The van der Waals surface area contributed by atoms with E-state index in [0.717, 1.165) is 16.5 Å². The van der Waals surface area contributed by atoms with Gasteiger partial charge in [-0.3, -0.25) is 0 Å². The van der Waals surface area contributed by atoms with Crippen molar-refractivity contribution < 1.29 is 0 Å². The van der Waals surface area contributed by atoms with Gasteiger partial charge in [-0.05, 0) is 17.5 Å². The van der Waals surface area contributed by atoms with Crippen molar-refractivity contribution in [2.75, 3.05) is 5.73 Å². The topological polar surface area (TPSA) is 26.0 Å². The second kappa shape index (κ2) is 3.86. The van der Waals surface area contributed by atoms with E-state index >= 15 is 0 Å². The van der Waals surface area contributed by atoms with Gasteiger partial charge < -0.3 is 5.73 Å². The second-order valence-corrected chi connectivity index (χ2v) is 3.15. The van der Waals surface area contributed by atoms with E-state index < -0.39 is 0 Å². The van der Waals surface area contributed by atoms with Crippen LogP contribution >= 0.6 is 24.0 Å². The predicted molar refractivity (Wildman–Crippen MR) is 60.6 cm³/mol. The number of hydrogen-bond donors (Lipinski definition) is 1. The average Bonchev–Trinajstić information content (AvgIpc) is 2.04. The highest BCUT2D eigenvalue weighted by Gasteiger charge is 1.97. The second-order valence-electron chi connectivity index (χ2n) is 2.72. The monoisotopic (exact) mass is 213 g/mol. The first kappa shape index (κ1) is 10.2. The van der Waals surface area contributed by atoms with Crippen LogP contribution < -0.4 is 5.73 Å². The molecule has 2 aromatic carbocycles. The molecule has 0 aliphatic rings. The Hall–Kier alpha value is -0.920. The van der Waals surface area contributed by atoms with Crippen LogP contribution in [0.25, 0.3) is 10.8 Å². The lowest BCUT2D eigenvalue weighted by Crippen LogP contribution is -1.86. The average molecular weight is 214 g/mol. The summed E-state index contributed by atoms with van der Waals surface area (Å²) >= 11 is 5.84. The lowest BCUT2D eigenvalue weighted by atomic mass is 10.1. The standard InChI is InChI=1S/C10H8ClN.ClH/c11-8-5-7-3-1-2-4-9(7)10(12)6-8;/h1-6H,12H2;1H. The molecule has 0 aromatic heterocycles. The van der Waals surface area contributed by atoms with Crippen LogP contribution in [0.3, 0.4) is 0 Å². The summed E-state index contributed by atoms with van der Waals surface area (Å²) in [6.45, 7) is 0. The third-order valence-electron chi connectivity index (χ3n) is 1.86. The highest BCUT2D eigenvalue weighted by Crippen LogP contribution is 2.25. The molecule has 13 heavy (non-hydrogen) atoms. The molecule has 0 bridgehead atoms. The van der Waals surface area contributed by atoms with Gasteiger partial charge in [0, 0.05) is 16.1 Å². The van der Waals surface area contributed by atoms with Crippen LogP contribution in [0.15, 0.2) is 36.4 Å². The van der Waals surface area contributed by atoms with Crippen LogP contribution in [-0.2, 0) is 0 Å². The van der Waals surface area contributed by atoms with Gasteiger partial charge in [0.1, 0.15) is 0 Å². The van der Waals surface area contributed by atoms with E-state index in [1.807, 2.05) is 30.3 Å². The molecule has 0 saturated carbocycles. The fourth-order valence-electron chi connectivity index (χ4n) is 1.30. The summed E-state index contributed by atoms with van der Waals surface area (Å²) in [7, 11) is 0. The molecule has 0 fully saturated rings. The zero-order chi connectivity index (χ0) is 8.55. The Balaban J connectivity index is 0.000000845. The van der Waals surface area contributed by atoms with Gasteiger partial charge >= 0.3 is 0 Å². The predicted octanol–water partition coefficient (Wildman–Crippen LogP) is 3.50. The third-order valence-corrected chi connectivity index (χ3v) is 2.08. The fourth-order valence-corrected chi connectivity index (χ4v) is 1.54. The van der Waals surface area contributed by atoms with Crippen molar-refractivity contribution in [3.05, 3.63) is 41.4 Å². The van der Waals surface area contributed by atoms with Crippen LogP contribution in [-0.4, -0.2) is 0 Å². The summed E-state index contributed by atoms with van der Waals surface area (Å²) < 4.78 is 0. The Morgan fingerprint density at radius 3 is 2.54 bits per heavy atom. The molecule has 0 atom stereocenters. The van der Waals surface area contributed by atoms with Crippen molar-refractivity contribution in [1.29, 1.82) is 0 Å². The van der Waals surface area contributed by atoms with Gasteiger partial charge in [0.15, 0.2) is 0 Å². The molecule has 0 aliphatic heterocycles.